The Balaban J connectivity index is 1.55. The Labute approximate surface area is 138 Å². The fraction of sp³-hybridized carbons (Fsp3) is 0.312. The average Bonchev–Trinajstić information content (AvgIpc) is 2.64. The van der Waals surface area contributed by atoms with Crippen molar-refractivity contribution in [2.24, 2.45) is 7.05 Å². The zero-order valence-corrected chi connectivity index (χ0v) is 13.3. The number of piperazine rings is 1. The number of rotatable bonds is 2. The second-order valence-corrected chi connectivity index (χ2v) is 5.72. The molecule has 0 aliphatic carbocycles. The zero-order valence-electron chi connectivity index (χ0n) is 13.3. The minimum Gasteiger partial charge on any atom is -0.352 e. The fourth-order valence-corrected chi connectivity index (χ4v) is 2.95. The first kappa shape index (κ1) is 14.6. The number of nitrogens with zero attached hydrogens (tertiary/aromatic N) is 7. The Morgan fingerprint density at radius 2 is 1.79 bits per heavy atom. The van der Waals surface area contributed by atoms with Crippen molar-refractivity contribution in [1.29, 1.82) is 0 Å². The van der Waals surface area contributed by atoms with Crippen molar-refractivity contribution in [3.63, 3.8) is 0 Å². The lowest BCUT2D eigenvalue weighted by molar-refractivity contribution is 0.620. The Bertz CT molecular complexity index is 926. The van der Waals surface area contributed by atoms with Crippen LogP contribution in [0.2, 0.25) is 0 Å². The maximum absolute atomic E-state index is 11.5. The molecule has 0 N–H and O–H groups in total. The zero-order chi connectivity index (χ0) is 16.5. The molecule has 4 rings (SSSR count). The van der Waals surface area contributed by atoms with Gasteiger partial charge in [0.1, 0.15) is 18.0 Å². The molecule has 8 heteroatoms. The predicted octanol–water partition coefficient (Wildman–Crippen LogP) is 0.445. The van der Waals surface area contributed by atoms with E-state index in [0.717, 1.165) is 48.7 Å². The highest BCUT2D eigenvalue weighted by molar-refractivity contribution is 5.88. The van der Waals surface area contributed by atoms with Gasteiger partial charge in [0.05, 0.1) is 11.7 Å². The Kier molecular flexibility index (Phi) is 3.56. The van der Waals surface area contributed by atoms with Gasteiger partial charge in [0.15, 0.2) is 0 Å². The van der Waals surface area contributed by atoms with Crippen LogP contribution in [0.5, 0.6) is 0 Å². The van der Waals surface area contributed by atoms with Gasteiger partial charge in [-0.3, -0.25) is 9.78 Å². The minimum atomic E-state index is -0.0987. The van der Waals surface area contributed by atoms with Crippen molar-refractivity contribution in [2.45, 2.75) is 0 Å². The number of hydrogen-bond acceptors (Lipinski definition) is 7. The van der Waals surface area contributed by atoms with Crippen molar-refractivity contribution in [3.8, 4) is 0 Å². The Hall–Kier alpha value is -3.03. The van der Waals surface area contributed by atoms with Gasteiger partial charge in [-0.1, -0.05) is 0 Å². The average molecular weight is 323 g/mol. The molecule has 1 saturated heterocycles. The number of anilines is 2. The van der Waals surface area contributed by atoms with Crippen molar-refractivity contribution in [3.05, 3.63) is 47.3 Å². The highest BCUT2D eigenvalue weighted by Gasteiger charge is 2.21. The van der Waals surface area contributed by atoms with E-state index < -0.39 is 0 Å². The number of aryl methyl sites for hydroxylation is 1. The smallest absolute Gasteiger partial charge is 0.266 e. The van der Waals surface area contributed by atoms with E-state index in [2.05, 4.69) is 29.9 Å². The maximum atomic E-state index is 11.5. The van der Waals surface area contributed by atoms with Crippen molar-refractivity contribution >= 4 is 22.5 Å². The van der Waals surface area contributed by atoms with Gasteiger partial charge in [-0.25, -0.2) is 14.6 Å². The summed E-state index contributed by atoms with van der Waals surface area (Å²) in [6.45, 7) is 3.31. The fourth-order valence-electron chi connectivity index (χ4n) is 2.95. The van der Waals surface area contributed by atoms with Crippen LogP contribution in [0.4, 0.5) is 11.6 Å². The number of fused-ring (bicyclic) bond motifs is 1. The van der Waals surface area contributed by atoms with Crippen LogP contribution in [0.15, 0.2) is 41.7 Å². The molecule has 1 aliphatic rings. The maximum Gasteiger partial charge on any atom is 0.266 e. The predicted molar refractivity (Wildman–Crippen MR) is 91.2 cm³/mol. The van der Waals surface area contributed by atoms with Crippen LogP contribution < -0.4 is 15.4 Å². The van der Waals surface area contributed by atoms with Crippen LogP contribution in [-0.4, -0.2) is 50.9 Å². The summed E-state index contributed by atoms with van der Waals surface area (Å²) in [5.74, 6) is 1.77. The molecule has 3 aromatic rings. The molecule has 0 aromatic carbocycles. The van der Waals surface area contributed by atoms with E-state index in [4.69, 9.17) is 0 Å². The molecule has 8 nitrogen and oxygen atoms in total. The first-order valence-electron chi connectivity index (χ1n) is 7.81. The standard InChI is InChI=1S/C16H17N7O/c1-21-15(24)3-2-14(20-21)22-6-8-23(9-7-22)16-12-4-5-17-10-13(12)18-11-19-16/h2-5,10-11H,6-9H2,1H3. The van der Waals surface area contributed by atoms with Gasteiger partial charge in [-0.2, -0.15) is 5.10 Å². The minimum absolute atomic E-state index is 0.0987. The first-order valence-corrected chi connectivity index (χ1v) is 7.81. The second-order valence-electron chi connectivity index (χ2n) is 5.72. The molecule has 0 saturated carbocycles. The van der Waals surface area contributed by atoms with Crippen molar-refractivity contribution in [1.82, 2.24) is 24.7 Å². The molecule has 0 spiro atoms. The van der Waals surface area contributed by atoms with Crippen LogP contribution in [0.25, 0.3) is 10.9 Å². The lowest BCUT2D eigenvalue weighted by Crippen LogP contribution is -2.47. The van der Waals surface area contributed by atoms with Gasteiger partial charge < -0.3 is 9.80 Å². The summed E-state index contributed by atoms with van der Waals surface area (Å²) in [5.41, 5.74) is 0.753. The van der Waals surface area contributed by atoms with E-state index in [9.17, 15) is 4.79 Å². The molecule has 0 radical (unpaired) electrons. The van der Waals surface area contributed by atoms with E-state index in [-0.39, 0.29) is 5.56 Å². The number of aromatic nitrogens is 5. The van der Waals surface area contributed by atoms with Crippen LogP contribution in [0, 0.1) is 0 Å². The van der Waals surface area contributed by atoms with E-state index in [1.807, 2.05) is 6.07 Å². The van der Waals surface area contributed by atoms with Crippen LogP contribution in [0.1, 0.15) is 0 Å². The van der Waals surface area contributed by atoms with E-state index >= 15 is 0 Å². The Morgan fingerprint density at radius 3 is 2.58 bits per heavy atom. The normalized spacial score (nSPS) is 15.0. The lowest BCUT2D eigenvalue weighted by atomic mass is 10.2. The molecule has 0 bridgehead atoms. The topological polar surface area (TPSA) is 80.0 Å². The number of hydrogen-bond donors (Lipinski definition) is 0. The summed E-state index contributed by atoms with van der Waals surface area (Å²) < 4.78 is 1.37. The van der Waals surface area contributed by atoms with E-state index in [0.29, 0.717) is 0 Å². The summed E-state index contributed by atoms with van der Waals surface area (Å²) in [5, 5.41) is 5.34. The van der Waals surface area contributed by atoms with Gasteiger partial charge in [-0.05, 0) is 12.1 Å². The summed E-state index contributed by atoms with van der Waals surface area (Å²) >= 11 is 0. The summed E-state index contributed by atoms with van der Waals surface area (Å²) in [7, 11) is 1.67. The highest BCUT2D eigenvalue weighted by Crippen LogP contribution is 2.23. The monoisotopic (exact) mass is 323 g/mol. The molecule has 24 heavy (non-hydrogen) atoms. The van der Waals surface area contributed by atoms with Crippen LogP contribution in [0.3, 0.4) is 0 Å². The summed E-state index contributed by atoms with van der Waals surface area (Å²) in [4.78, 5) is 28.7. The molecule has 0 amide bonds. The summed E-state index contributed by atoms with van der Waals surface area (Å²) in [6, 6.07) is 5.29. The van der Waals surface area contributed by atoms with Gasteiger partial charge in [-0.15, -0.1) is 0 Å². The van der Waals surface area contributed by atoms with Gasteiger partial charge in [0.25, 0.3) is 5.56 Å². The quantitative estimate of drug-likeness (QED) is 0.677. The molecule has 0 atom stereocenters. The second kappa shape index (κ2) is 5.88. The summed E-state index contributed by atoms with van der Waals surface area (Å²) in [6.07, 6.45) is 5.10. The molecule has 1 fully saturated rings. The molecular formula is C16H17N7O. The lowest BCUT2D eigenvalue weighted by Gasteiger charge is -2.36. The van der Waals surface area contributed by atoms with Gasteiger partial charge >= 0.3 is 0 Å². The molecule has 122 valence electrons. The molecular weight excluding hydrogens is 306 g/mol. The highest BCUT2D eigenvalue weighted by atomic mass is 16.1. The third-order valence-electron chi connectivity index (χ3n) is 4.27. The molecule has 1 aliphatic heterocycles. The third kappa shape index (κ3) is 2.55. The SMILES string of the molecule is Cn1nc(N2CCN(c3ncnc4cnccc34)CC2)ccc1=O. The third-order valence-corrected chi connectivity index (χ3v) is 4.27. The largest absolute Gasteiger partial charge is 0.352 e. The first-order chi connectivity index (χ1) is 11.7. The van der Waals surface area contributed by atoms with Gasteiger partial charge in [0.2, 0.25) is 0 Å². The Morgan fingerprint density at radius 1 is 1.00 bits per heavy atom. The van der Waals surface area contributed by atoms with E-state index in [1.165, 1.54) is 4.68 Å². The molecule has 3 aromatic heterocycles. The molecule has 0 unspecified atom stereocenters. The van der Waals surface area contributed by atoms with Crippen LogP contribution >= 0.6 is 0 Å². The van der Waals surface area contributed by atoms with Crippen LogP contribution in [-0.2, 0) is 7.05 Å². The number of pyridine rings is 1. The van der Waals surface area contributed by atoms with Crippen molar-refractivity contribution in [2.75, 3.05) is 36.0 Å². The van der Waals surface area contributed by atoms with Crippen molar-refractivity contribution < 1.29 is 0 Å². The van der Waals surface area contributed by atoms with Gasteiger partial charge in [0, 0.05) is 50.9 Å². The molecule has 4 heterocycles. The van der Waals surface area contributed by atoms with E-state index in [1.54, 1.807) is 37.9 Å².